The summed E-state index contributed by atoms with van der Waals surface area (Å²) in [5.41, 5.74) is 4.10. The number of hydrogen-bond donors (Lipinski definition) is 1. The third-order valence-corrected chi connectivity index (χ3v) is 5.83. The van der Waals surface area contributed by atoms with E-state index >= 15 is 0 Å². The molecule has 3 heterocycles. The van der Waals surface area contributed by atoms with E-state index in [0.29, 0.717) is 12.5 Å². The smallest absolute Gasteiger partial charge is 0.229 e. The van der Waals surface area contributed by atoms with Gasteiger partial charge >= 0.3 is 0 Å². The van der Waals surface area contributed by atoms with Crippen molar-refractivity contribution in [3.63, 3.8) is 0 Å². The van der Waals surface area contributed by atoms with Crippen molar-refractivity contribution in [2.75, 3.05) is 23.3 Å². The number of amides is 1. The maximum Gasteiger partial charge on any atom is 0.229 e. The highest BCUT2D eigenvalue weighted by Gasteiger charge is 2.27. The molecule has 0 bridgehead atoms. The van der Waals surface area contributed by atoms with E-state index in [1.807, 2.05) is 42.8 Å². The van der Waals surface area contributed by atoms with Crippen LogP contribution in [0.5, 0.6) is 0 Å². The van der Waals surface area contributed by atoms with Crippen LogP contribution in [0.15, 0.2) is 42.7 Å². The Bertz CT molecular complexity index is 1060. The Hall–Kier alpha value is -3.22. The van der Waals surface area contributed by atoms with Gasteiger partial charge in [-0.25, -0.2) is 14.6 Å². The van der Waals surface area contributed by atoms with Gasteiger partial charge in [0.2, 0.25) is 5.91 Å². The minimum atomic E-state index is -0.0781. The molecule has 0 saturated carbocycles. The van der Waals surface area contributed by atoms with Crippen LogP contribution in [0.3, 0.4) is 0 Å². The van der Waals surface area contributed by atoms with E-state index in [1.165, 1.54) is 5.56 Å². The SMILES string of the molecule is Cc1cc(C)n(-c2cc(N3CCCC(C(=O)Nc4ccc(C(C)C)cc4)C3)ncn2)n1. The first kappa shape index (κ1) is 21.0. The van der Waals surface area contributed by atoms with Gasteiger partial charge < -0.3 is 10.2 Å². The average Bonchev–Trinajstić information content (AvgIpc) is 3.12. The quantitative estimate of drug-likeness (QED) is 0.670. The van der Waals surface area contributed by atoms with Gasteiger partial charge in [-0.05, 0) is 56.4 Å². The van der Waals surface area contributed by atoms with E-state index < -0.39 is 0 Å². The predicted molar refractivity (Wildman–Crippen MR) is 123 cm³/mol. The molecule has 1 amide bonds. The molecule has 1 N–H and O–H groups in total. The molecular weight excluding hydrogens is 388 g/mol. The second-order valence-electron chi connectivity index (χ2n) is 8.62. The lowest BCUT2D eigenvalue weighted by molar-refractivity contribution is -0.120. The maximum atomic E-state index is 12.9. The second kappa shape index (κ2) is 8.88. The number of rotatable bonds is 5. The Morgan fingerprint density at radius 2 is 1.84 bits per heavy atom. The van der Waals surface area contributed by atoms with E-state index in [1.54, 1.807) is 6.33 Å². The molecular formula is C24H30N6O. The van der Waals surface area contributed by atoms with Crippen LogP contribution in [0.2, 0.25) is 0 Å². The molecule has 7 heteroatoms. The second-order valence-corrected chi connectivity index (χ2v) is 8.62. The first-order chi connectivity index (χ1) is 14.9. The number of aryl methyl sites for hydroxylation is 2. The Morgan fingerprint density at radius 1 is 1.10 bits per heavy atom. The van der Waals surface area contributed by atoms with Crippen molar-refractivity contribution < 1.29 is 4.79 Å². The normalized spacial score (nSPS) is 16.5. The van der Waals surface area contributed by atoms with Gasteiger partial charge in [0.1, 0.15) is 12.1 Å². The van der Waals surface area contributed by atoms with Crippen molar-refractivity contribution in [2.24, 2.45) is 5.92 Å². The minimum Gasteiger partial charge on any atom is -0.356 e. The monoisotopic (exact) mass is 418 g/mol. The lowest BCUT2D eigenvalue weighted by Gasteiger charge is -2.33. The fourth-order valence-corrected chi connectivity index (χ4v) is 4.08. The molecule has 4 rings (SSSR count). The third kappa shape index (κ3) is 4.76. The minimum absolute atomic E-state index is 0.0647. The number of carbonyl (C=O) groups excluding carboxylic acids is 1. The predicted octanol–water partition coefficient (Wildman–Crippen LogP) is 4.26. The van der Waals surface area contributed by atoms with Crippen molar-refractivity contribution in [1.82, 2.24) is 19.7 Å². The molecule has 1 aliphatic rings. The van der Waals surface area contributed by atoms with E-state index in [-0.39, 0.29) is 11.8 Å². The molecule has 1 saturated heterocycles. The summed E-state index contributed by atoms with van der Waals surface area (Å²) in [4.78, 5) is 23.9. The van der Waals surface area contributed by atoms with Crippen LogP contribution >= 0.6 is 0 Å². The first-order valence-corrected chi connectivity index (χ1v) is 10.9. The summed E-state index contributed by atoms with van der Waals surface area (Å²) < 4.78 is 1.83. The summed E-state index contributed by atoms with van der Waals surface area (Å²) >= 11 is 0. The molecule has 0 aliphatic carbocycles. The highest BCUT2D eigenvalue weighted by molar-refractivity contribution is 5.93. The van der Waals surface area contributed by atoms with Crippen LogP contribution in [-0.4, -0.2) is 38.7 Å². The molecule has 162 valence electrons. The highest BCUT2D eigenvalue weighted by Crippen LogP contribution is 2.24. The molecule has 1 aromatic carbocycles. The number of nitrogens with zero attached hydrogens (tertiary/aromatic N) is 5. The van der Waals surface area contributed by atoms with Gasteiger partial charge in [0.15, 0.2) is 5.82 Å². The number of piperidine rings is 1. The lowest BCUT2D eigenvalue weighted by Crippen LogP contribution is -2.41. The number of aromatic nitrogens is 4. The number of nitrogens with one attached hydrogen (secondary N) is 1. The summed E-state index contributed by atoms with van der Waals surface area (Å²) in [5, 5.41) is 7.60. The molecule has 1 fully saturated rings. The van der Waals surface area contributed by atoms with Crippen molar-refractivity contribution in [1.29, 1.82) is 0 Å². The molecule has 1 aliphatic heterocycles. The van der Waals surface area contributed by atoms with Crippen molar-refractivity contribution in [2.45, 2.75) is 46.5 Å². The number of carbonyl (C=O) groups is 1. The number of hydrogen-bond acceptors (Lipinski definition) is 5. The van der Waals surface area contributed by atoms with Gasteiger partial charge in [0, 0.05) is 30.5 Å². The van der Waals surface area contributed by atoms with E-state index in [9.17, 15) is 4.79 Å². The zero-order chi connectivity index (χ0) is 22.0. The Kier molecular flexibility index (Phi) is 6.02. The third-order valence-electron chi connectivity index (χ3n) is 5.83. The molecule has 1 unspecified atom stereocenters. The molecule has 2 aromatic heterocycles. The van der Waals surface area contributed by atoms with Gasteiger partial charge in [0.25, 0.3) is 0 Å². The highest BCUT2D eigenvalue weighted by atomic mass is 16.1. The van der Waals surface area contributed by atoms with E-state index in [2.05, 4.69) is 51.3 Å². The number of benzene rings is 1. The van der Waals surface area contributed by atoms with E-state index in [4.69, 9.17) is 0 Å². The molecule has 31 heavy (non-hydrogen) atoms. The number of anilines is 2. The molecule has 1 atom stereocenters. The molecule has 0 radical (unpaired) electrons. The van der Waals surface area contributed by atoms with Gasteiger partial charge in [-0.1, -0.05) is 26.0 Å². The average molecular weight is 419 g/mol. The fraction of sp³-hybridized carbons (Fsp3) is 0.417. The molecule has 0 spiro atoms. The standard InChI is InChI=1S/C24H30N6O/c1-16(2)19-7-9-21(10-8-19)27-24(31)20-6-5-11-29(14-20)22-13-23(26-15-25-22)30-18(4)12-17(3)28-30/h7-10,12-13,15-16,20H,5-6,11,14H2,1-4H3,(H,27,31). The molecule has 3 aromatic rings. The Balaban J connectivity index is 1.45. The lowest BCUT2D eigenvalue weighted by atomic mass is 9.97. The van der Waals surface area contributed by atoms with Gasteiger partial charge in [-0.3, -0.25) is 4.79 Å². The summed E-state index contributed by atoms with van der Waals surface area (Å²) in [7, 11) is 0. The summed E-state index contributed by atoms with van der Waals surface area (Å²) in [6.07, 6.45) is 3.40. The van der Waals surface area contributed by atoms with Crippen LogP contribution in [0, 0.1) is 19.8 Å². The maximum absolute atomic E-state index is 12.9. The van der Waals surface area contributed by atoms with Crippen LogP contribution in [0.4, 0.5) is 11.5 Å². The first-order valence-electron chi connectivity index (χ1n) is 10.9. The van der Waals surface area contributed by atoms with Gasteiger partial charge in [-0.2, -0.15) is 5.10 Å². The van der Waals surface area contributed by atoms with Gasteiger partial charge in [-0.15, -0.1) is 0 Å². The zero-order valence-electron chi connectivity index (χ0n) is 18.7. The summed E-state index contributed by atoms with van der Waals surface area (Å²) in [5.74, 6) is 2.04. The fourth-order valence-electron chi connectivity index (χ4n) is 4.08. The summed E-state index contributed by atoms with van der Waals surface area (Å²) in [6, 6.07) is 12.1. The van der Waals surface area contributed by atoms with Gasteiger partial charge in [0.05, 0.1) is 11.6 Å². The van der Waals surface area contributed by atoms with Crippen LogP contribution in [-0.2, 0) is 4.79 Å². The topological polar surface area (TPSA) is 75.9 Å². The van der Waals surface area contributed by atoms with Crippen molar-refractivity contribution in [3.8, 4) is 5.82 Å². The van der Waals surface area contributed by atoms with Crippen molar-refractivity contribution >= 4 is 17.4 Å². The van der Waals surface area contributed by atoms with Crippen molar-refractivity contribution in [3.05, 3.63) is 59.7 Å². The van der Waals surface area contributed by atoms with Crippen LogP contribution in [0.1, 0.15) is 49.6 Å². The van der Waals surface area contributed by atoms with Crippen LogP contribution < -0.4 is 10.2 Å². The molecule has 7 nitrogen and oxygen atoms in total. The Labute approximate surface area is 183 Å². The summed E-state index contributed by atoms with van der Waals surface area (Å²) in [6.45, 7) is 9.83. The Morgan fingerprint density at radius 3 is 2.52 bits per heavy atom. The van der Waals surface area contributed by atoms with Crippen LogP contribution in [0.25, 0.3) is 5.82 Å². The largest absolute Gasteiger partial charge is 0.356 e. The zero-order valence-corrected chi connectivity index (χ0v) is 18.7. The van der Waals surface area contributed by atoms with E-state index in [0.717, 1.165) is 48.1 Å².